The zero-order chi connectivity index (χ0) is 15.4. The average Bonchev–Trinajstić information content (AvgIpc) is 2.46. The summed E-state index contributed by atoms with van der Waals surface area (Å²) in [6, 6.07) is 4.00. The number of hydrogen-bond donors (Lipinski definition) is 1. The summed E-state index contributed by atoms with van der Waals surface area (Å²) in [5, 5.41) is 4.78. The molecule has 0 spiro atoms. The quantitative estimate of drug-likeness (QED) is 0.896. The van der Waals surface area contributed by atoms with E-state index in [4.69, 9.17) is 27.9 Å². The third kappa shape index (κ3) is 4.17. The van der Waals surface area contributed by atoms with E-state index in [1.165, 1.54) is 0 Å². The molecule has 21 heavy (non-hydrogen) atoms. The van der Waals surface area contributed by atoms with Crippen LogP contribution < -0.4 is 5.32 Å². The van der Waals surface area contributed by atoms with Crippen LogP contribution in [0.2, 0.25) is 10.0 Å². The minimum atomic E-state index is -0.229. The Balaban J connectivity index is 1.92. The monoisotopic (exact) mass is 330 g/mol. The molecule has 0 aliphatic carbocycles. The second-order valence-corrected chi connectivity index (χ2v) is 6.00. The molecule has 0 bridgehead atoms. The Bertz CT molecular complexity index is 515. The van der Waals surface area contributed by atoms with Gasteiger partial charge in [0.25, 0.3) is 0 Å². The fourth-order valence-corrected chi connectivity index (χ4v) is 2.83. The number of piperidine rings is 1. The number of carbonyl (C=O) groups is 1. The lowest BCUT2D eigenvalue weighted by atomic mass is 10.0. The predicted octanol–water partition coefficient (Wildman–Crippen LogP) is 4.33. The van der Waals surface area contributed by atoms with Crippen molar-refractivity contribution in [2.24, 2.45) is 0 Å². The molecule has 0 atom stereocenters. The van der Waals surface area contributed by atoms with E-state index in [0.29, 0.717) is 29.7 Å². The standard InChI is InChI=1S/C15H20Cl2N2O2/c1-3-21-15(20)19-6-4-11(5-7-19)18-14-9-12(16)10(2)8-13(14)17/h8-9,11,18H,3-7H2,1-2H3. The first-order valence-electron chi connectivity index (χ1n) is 7.15. The van der Waals surface area contributed by atoms with Crippen LogP contribution in [0.25, 0.3) is 0 Å². The first-order valence-corrected chi connectivity index (χ1v) is 7.90. The van der Waals surface area contributed by atoms with E-state index in [9.17, 15) is 4.79 Å². The molecule has 2 rings (SSSR count). The minimum Gasteiger partial charge on any atom is -0.450 e. The van der Waals surface area contributed by atoms with E-state index in [-0.39, 0.29) is 12.1 Å². The summed E-state index contributed by atoms with van der Waals surface area (Å²) in [5.41, 5.74) is 1.81. The van der Waals surface area contributed by atoms with E-state index in [2.05, 4.69) is 5.32 Å². The van der Waals surface area contributed by atoms with Gasteiger partial charge < -0.3 is 15.0 Å². The molecule has 1 aromatic carbocycles. The molecule has 1 aromatic rings. The van der Waals surface area contributed by atoms with E-state index >= 15 is 0 Å². The highest BCUT2D eigenvalue weighted by Gasteiger charge is 2.23. The number of nitrogens with zero attached hydrogens (tertiary/aromatic N) is 1. The fraction of sp³-hybridized carbons (Fsp3) is 0.533. The number of amides is 1. The maximum atomic E-state index is 11.6. The van der Waals surface area contributed by atoms with Gasteiger partial charge in [0.05, 0.1) is 17.3 Å². The van der Waals surface area contributed by atoms with Crippen molar-refractivity contribution < 1.29 is 9.53 Å². The lowest BCUT2D eigenvalue weighted by molar-refractivity contribution is 0.0983. The van der Waals surface area contributed by atoms with Gasteiger partial charge in [-0.15, -0.1) is 0 Å². The highest BCUT2D eigenvalue weighted by molar-refractivity contribution is 6.35. The summed E-state index contributed by atoms with van der Waals surface area (Å²) in [4.78, 5) is 13.4. The summed E-state index contributed by atoms with van der Waals surface area (Å²) in [7, 11) is 0. The minimum absolute atomic E-state index is 0.229. The third-order valence-electron chi connectivity index (χ3n) is 3.63. The summed E-state index contributed by atoms with van der Waals surface area (Å²) < 4.78 is 5.01. The lowest BCUT2D eigenvalue weighted by Gasteiger charge is -2.32. The molecule has 116 valence electrons. The van der Waals surface area contributed by atoms with Crippen LogP contribution in [-0.2, 0) is 4.74 Å². The number of hydrogen-bond acceptors (Lipinski definition) is 3. The number of benzene rings is 1. The van der Waals surface area contributed by atoms with E-state index in [1.54, 1.807) is 4.90 Å². The van der Waals surface area contributed by atoms with Crippen molar-refractivity contribution >= 4 is 35.0 Å². The smallest absolute Gasteiger partial charge is 0.409 e. The topological polar surface area (TPSA) is 41.6 Å². The van der Waals surface area contributed by atoms with Crippen LogP contribution in [0.1, 0.15) is 25.3 Å². The van der Waals surface area contributed by atoms with Crippen LogP contribution >= 0.6 is 23.2 Å². The van der Waals surface area contributed by atoms with Crippen molar-refractivity contribution in [1.82, 2.24) is 4.90 Å². The highest BCUT2D eigenvalue weighted by atomic mass is 35.5. The first-order chi connectivity index (χ1) is 10.0. The molecular formula is C15H20Cl2N2O2. The average molecular weight is 331 g/mol. The molecule has 1 aliphatic rings. The van der Waals surface area contributed by atoms with Crippen LogP contribution in [0, 0.1) is 6.92 Å². The number of ether oxygens (including phenoxy) is 1. The first kappa shape index (κ1) is 16.2. The van der Waals surface area contributed by atoms with E-state index in [0.717, 1.165) is 24.1 Å². The van der Waals surface area contributed by atoms with Crippen molar-refractivity contribution in [2.45, 2.75) is 32.7 Å². The molecule has 0 aromatic heterocycles. The van der Waals surface area contributed by atoms with Gasteiger partial charge in [0, 0.05) is 24.2 Å². The molecule has 1 saturated heterocycles. The number of anilines is 1. The van der Waals surface area contributed by atoms with Crippen molar-refractivity contribution in [3.8, 4) is 0 Å². The number of aryl methyl sites for hydroxylation is 1. The molecule has 1 fully saturated rings. The second-order valence-electron chi connectivity index (χ2n) is 5.19. The molecule has 1 N–H and O–H groups in total. The molecule has 1 aliphatic heterocycles. The Labute approximate surface area is 135 Å². The molecule has 1 heterocycles. The summed E-state index contributed by atoms with van der Waals surface area (Å²) >= 11 is 12.4. The molecule has 0 radical (unpaired) electrons. The maximum Gasteiger partial charge on any atom is 0.409 e. The summed E-state index contributed by atoms with van der Waals surface area (Å²) in [5.74, 6) is 0. The normalized spacial score (nSPS) is 15.9. The zero-order valence-electron chi connectivity index (χ0n) is 12.3. The number of nitrogens with one attached hydrogen (secondary N) is 1. The molecule has 1 amide bonds. The fourth-order valence-electron chi connectivity index (χ4n) is 2.40. The second kappa shape index (κ2) is 7.23. The van der Waals surface area contributed by atoms with Crippen LogP contribution in [0.3, 0.4) is 0 Å². The van der Waals surface area contributed by atoms with Crippen LogP contribution in [0.5, 0.6) is 0 Å². The van der Waals surface area contributed by atoms with Crippen LogP contribution in [0.4, 0.5) is 10.5 Å². The van der Waals surface area contributed by atoms with E-state index < -0.39 is 0 Å². The molecular weight excluding hydrogens is 311 g/mol. The van der Waals surface area contributed by atoms with Crippen LogP contribution in [0.15, 0.2) is 12.1 Å². The highest BCUT2D eigenvalue weighted by Crippen LogP contribution is 2.30. The Hall–Kier alpha value is -1.13. The number of carbonyl (C=O) groups excluding carboxylic acids is 1. The third-order valence-corrected chi connectivity index (χ3v) is 4.35. The number of halogens is 2. The van der Waals surface area contributed by atoms with Gasteiger partial charge in [-0.3, -0.25) is 0 Å². The Morgan fingerprint density at radius 2 is 2.00 bits per heavy atom. The Morgan fingerprint density at radius 3 is 2.62 bits per heavy atom. The molecule has 6 heteroatoms. The van der Waals surface area contributed by atoms with Crippen molar-refractivity contribution in [1.29, 1.82) is 0 Å². The Morgan fingerprint density at radius 1 is 1.33 bits per heavy atom. The summed E-state index contributed by atoms with van der Waals surface area (Å²) in [6.45, 7) is 5.53. The van der Waals surface area contributed by atoms with Crippen molar-refractivity contribution in [3.05, 3.63) is 27.7 Å². The van der Waals surface area contributed by atoms with E-state index in [1.807, 2.05) is 26.0 Å². The number of rotatable bonds is 3. The van der Waals surface area contributed by atoms with Gasteiger partial charge in [0.1, 0.15) is 0 Å². The Kier molecular flexibility index (Phi) is 5.59. The van der Waals surface area contributed by atoms with Gasteiger partial charge >= 0.3 is 6.09 Å². The summed E-state index contributed by atoms with van der Waals surface area (Å²) in [6.07, 6.45) is 1.49. The predicted molar refractivity (Wildman–Crippen MR) is 86.4 cm³/mol. The van der Waals surface area contributed by atoms with Gasteiger partial charge in [0.2, 0.25) is 0 Å². The SMILES string of the molecule is CCOC(=O)N1CCC(Nc2cc(Cl)c(C)cc2Cl)CC1. The molecule has 0 unspecified atom stereocenters. The zero-order valence-corrected chi connectivity index (χ0v) is 13.8. The van der Waals surface area contributed by atoms with Crippen molar-refractivity contribution in [3.63, 3.8) is 0 Å². The number of likely N-dealkylation sites (tertiary alicyclic amines) is 1. The van der Waals surface area contributed by atoms with Gasteiger partial charge in [-0.05, 0) is 44.4 Å². The van der Waals surface area contributed by atoms with Gasteiger partial charge in [-0.25, -0.2) is 4.79 Å². The van der Waals surface area contributed by atoms with Crippen molar-refractivity contribution in [2.75, 3.05) is 25.0 Å². The van der Waals surface area contributed by atoms with Crippen LogP contribution in [-0.4, -0.2) is 36.7 Å². The van der Waals surface area contributed by atoms with Gasteiger partial charge in [0.15, 0.2) is 0 Å². The largest absolute Gasteiger partial charge is 0.450 e. The molecule has 0 saturated carbocycles. The van der Waals surface area contributed by atoms with Gasteiger partial charge in [-0.2, -0.15) is 0 Å². The maximum absolute atomic E-state index is 11.6. The molecule has 4 nitrogen and oxygen atoms in total. The van der Waals surface area contributed by atoms with Gasteiger partial charge in [-0.1, -0.05) is 23.2 Å². The lowest BCUT2D eigenvalue weighted by Crippen LogP contribution is -2.42.